The number of rotatable bonds is 8. The third-order valence-electron chi connectivity index (χ3n) is 4.31. The van der Waals surface area contributed by atoms with Crippen LogP contribution >= 0.6 is 0 Å². The normalized spacial score (nSPS) is 11.4. The summed E-state index contributed by atoms with van der Waals surface area (Å²) in [6, 6.07) is 19.4. The predicted octanol–water partition coefficient (Wildman–Crippen LogP) is 8.01. The van der Waals surface area contributed by atoms with Crippen LogP contribution in [-0.2, 0) is 6.42 Å². The Bertz CT molecular complexity index is 983. The average molecular weight is 390 g/mol. The summed E-state index contributed by atoms with van der Waals surface area (Å²) in [6.45, 7) is 2.17. The molecule has 6 heteroatoms. The van der Waals surface area contributed by atoms with Gasteiger partial charge in [0.2, 0.25) is 0 Å². The van der Waals surface area contributed by atoms with E-state index in [4.69, 9.17) is 4.74 Å². The van der Waals surface area contributed by atoms with Crippen LogP contribution < -0.4 is 4.74 Å². The summed E-state index contributed by atoms with van der Waals surface area (Å²) < 4.78 is 19.4. The largest absolute Gasteiger partial charge is 0.497 e. The van der Waals surface area contributed by atoms with Crippen molar-refractivity contribution >= 4 is 22.7 Å². The molecule has 0 saturated heterocycles. The molecule has 3 aromatic carbocycles. The van der Waals surface area contributed by atoms with E-state index in [9.17, 15) is 4.39 Å². The highest BCUT2D eigenvalue weighted by Gasteiger charge is 2.03. The van der Waals surface area contributed by atoms with Crippen molar-refractivity contribution in [3.05, 3.63) is 78.1 Å². The molecule has 3 aromatic rings. The lowest BCUT2D eigenvalue weighted by Gasteiger charge is -2.00. The van der Waals surface area contributed by atoms with Gasteiger partial charge >= 0.3 is 0 Å². The zero-order valence-corrected chi connectivity index (χ0v) is 16.5. The van der Waals surface area contributed by atoms with Crippen molar-refractivity contribution < 1.29 is 9.13 Å². The van der Waals surface area contributed by atoms with Gasteiger partial charge in [-0.25, -0.2) is 4.39 Å². The van der Waals surface area contributed by atoms with Crippen molar-refractivity contribution in [1.82, 2.24) is 0 Å². The molecule has 5 nitrogen and oxygen atoms in total. The molecule has 0 aliphatic rings. The van der Waals surface area contributed by atoms with E-state index in [-0.39, 0.29) is 5.69 Å². The molecule has 0 spiro atoms. The van der Waals surface area contributed by atoms with Gasteiger partial charge in [-0.1, -0.05) is 25.5 Å². The molecule has 0 aromatic heterocycles. The Labute approximate surface area is 170 Å². The van der Waals surface area contributed by atoms with Gasteiger partial charge in [0, 0.05) is 6.07 Å². The molecule has 148 valence electrons. The van der Waals surface area contributed by atoms with Crippen molar-refractivity contribution in [3.63, 3.8) is 0 Å². The maximum Gasteiger partial charge on any atom is 0.152 e. The molecule has 0 fully saturated rings. The van der Waals surface area contributed by atoms with E-state index in [0.717, 1.165) is 25.0 Å². The van der Waals surface area contributed by atoms with Gasteiger partial charge in [-0.15, -0.1) is 5.11 Å². The molecular weight excluding hydrogens is 367 g/mol. The highest BCUT2D eigenvalue weighted by atomic mass is 19.1. The number of aryl methyl sites for hydroxylation is 1. The number of nitrogens with zero attached hydrogens (tertiary/aromatic N) is 4. The Morgan fingerprint density at radius 2 is 1.34 bits per heavy atom. The van der Waals surface area contributed by atoms with Crippen molar-refractivity contribution in [2.24, 2.45) is 20.5 Å². The minimum absolute atomic E-state index is 0.156. The molecule has 0 radical (unpaired) electrons. The summed E-state index contributed by atoms with van der Waals surface area (Å²) in [4.78, 5) is 0. The third-order valence-corrected chi connectivity index (χ3v) is 4.31. The van der Waals surface area contributed by atoms with E-state index < -0.39 is 5.82 Å². The molecule has 0 aliphatic carbocycles. The number of azo groups is 2. The predicted molar refractivity (Wildman–Crippen MR) is 113 cm³/mol. The number of benzene rings is 3. The molecule has 0 aliphatic heterocycles. The summed E-state index contributed by atoms with van der Waals surface area (Å²) in [6.07, 6.45) is 3.37. The highest BCUT2D eigenvalue weighted by Crippen LogP contribution is 2.27. The first-order chi connectivity index (χ1) is 14.2. The molecule has 0 N–H and O–H groups in total. The molecule has 0 heterocycles. The fraction of sp³-hybridized carbons (Fsp3) is 0.217. The van der Waals surface area contributed by atoms with Crippen LogP contribution in [-0.4, -0.2) is 7.11 Å². The second-order valence-corrected chi connectivity index (χ2v) is 6.50. The van der Waals surface area contributed by atoms with Gasteiger partial charge in [-0.2, -0.15) is 15.3 Å². The molecule has 0 saturated carbocycles. The third kappa shape index (κ3) is 6.04. The molecule has 0 unspecified atom stereocenters. The van der Waals surface area contributed by atoms with E-state index in [0.29, 0.717) is 17.1 Å². The first-order valence-electron chi connectivity index (χ1n) is 9.54. The van der Waals surface area contributed by atoms with Crippen LogP contribution in [0.5, 0.6) is 5.75 Å². The summed E-state index contributed by atoms with van der Waals surface area (Å²) in [5.41, 5.74) is 3.16. The van der Waals surface area contributed by atoms with Crippen LogP contribution in [0.4, 0.5) is 27.1 Å². The fourth-order valence-electron chi connectivity index (χ4n) is 2.63. The minimum Gasteiger partial charge on any atom is -0.497 e. The van der Waals surface area contributed by atoms with Gasteiger partial charge in [0.15, 0.2) is 5.82 Å². The lowest BCUT2D eigenvalue weighted by Crippen LogP contribution is -1.82. The Morgan fingerprint density at radius 1 is 0.759 bits per heavy atom. The summed E-state index contributed by atoms with van der Waals surface area (Å²) in [5, 5.41) is 16.3. The Balaban J connectivity index is 1.65. The Morgan fingerprint density at radius 3 is 1.97 bits per heavy atom. The van der Waals surface area contributed by atoms with Crippen LogP contribution in [0.1, 0.15) is 25.3 Å². The number of hydrogen-bond donors (Lipinski definition) is 0. The van der Waals surface area contributed by atoms with Crippen molar-refractivity contribution in [2.75, 3.05) is 7.11 Å². The summed E-state index contributed by atoms with van der Waals surface area (Å²) in [5.74, 6) is 0.236. The number of hydrogen-bond acceptors (Lipinski definition) is 5. The maximum atomic E-state index is 14.3. The van der Waals surface area contributed by atoms with Crippen molar-refractivity contribution in [1.29, 1.82) is 0 Å². The number of halogens is 1. The average Bonchev–Trinajstić information content (AvgIpc) is 2.76. The first-order valence-corrected chi connectivity index (χ1v) is 9.54. The zero-order chi connectivity index (χ0) is 20.5. The second kappa shape index (κ2) is 10.2. The molecule has 3 rings (SSSR count). The van der Waals surface area contributed by atoms with Gasteiger partial charge in [0.1, 0.15) is 11.4 Å². The highest BCUT2D eigenvalue weighted by molar-refractivity contribution is 5.49. The van der Waals surface area contributed by atoms with Crippen LogP contribution in [0.2, 0.25) is 0 Å². The molecule has 0 atom stereocenters. The van der Waals surface area contributed by atoms with Crippen molar-refractivity contribution in [3.8, 4) is 5.75 Å². The first kappa shape index (κ1) is 20.3. The minimum atomic E-state index is -0.500. The lowest BCUT2D eigenvalue weighted by atomic mass is 10.1. The Hall–Kier alpha value is -3.41. The quantitative estimate of drug-likeness (QED) is 0.359. The summed E-state index contributed by atoms with van der Waals surface area (Å²) >= 11 is 0. The van der Waals surface area contributed by atoms with Gasteiger partial charge in [0.25, 0.3) is 0 Å². The van der Waals surface area contributed by atoms with Crippen molar-refractivity contribution in [2.45, 2.75) is 26.2 Å². The topological polar surface area (TPSA) is 58.7 Å². The molecule has 0 amide bonds. The zero-order valence-electron chi connectivity index (χ0n) is 16.5. The van der Waals surface area contributed by atoms with E-state index in [1.807, 2.05) is 24.3 Å². The second-order valence-electron chi connectivity index (χ2n) is 6.50. The van der Waals surface area contributed by atoms with E-state index in [1.165, 1.54) is 17.7 Å². The maximum absolute atomic E-state index is 14.3. The molecule has 29 heavy (non-hydrogen) atoms. The standard InChI is InChI=1S/C23H23FN4O/c1-3-4-5-17-6-8-18(9-7-17)26-28-23-15-12-20(16-22(23)24)27-25-19-10-13-21(29-2)14-11-19/h6-16H,3-5H2,1-2H3. The van der Waals surface area contributed by atoms with E-state index in [2.05, 4.69) is 27.4 Å². The van der Waals surface area contributed by atoms with Crippen LogP contribution in [0, 0.1) is 5.82 Å². The van der Waals surface area contributed by atoms with Gasteiger partial charge in [-0.05, 0) is 66.9 Å². The summed E-state index contributed by atoms with van der Waals surface area (Å²) in [7, 11) is 1.60. The van der Waals surface area contributed by atoms with Gasteiger partial charge < -0.3 is 4.74 Å². The smallest absolute Gasteiger partial charge is 0.152 e. The number of methoxy groups -OCH3 is 1. The van der Waals surface area contributed by atoms with Crippen LogP contribution in [0.3, 0.4) is 0 Å². The number of ether oxygens (including phenoxy) is 1. The fourth-order valence-corrected chi connectivity index (χ4v) is 2.63. The van der Waals surface area contributed by atoms with E-state index in [1.54, 1.807) is 37.4 Å². The SMILES string of the molecule is CCCCc1ccc(N=Nc2ccc(N=Nc3ccc(OC)cc3)cc2F)cc1. The van der Waals surface area contributed by atoms with Crippen LogP contribution in [0.25, 0.3) is 0 Å². The molecular formula is C23H23FN4O. The molecule has 0 bridgehead atoms. The van der Waals surface area contributed by atoms with E-state index >= 15 is 0 Å². The van der Waals surface area contributed by atoms with Gasteiger partial charge in [-0.3, -0.25) is 0 Å². The Kier molecular flexibility index (Phi) is 7.16. The lowest BCUT2D eigenvalue weighted by molar-refractivity contribution is 0.415. The van der Waals surface area contributed by atoms with Crippen LogP contribution in [0.15, 0.2) is 87.2 Å². The van der Waals surface area contributed by atoms with Gasteiger partial charge in [0.05, 0.1) is 24.2 Å². The number of unbranched alkanes of at least 4 members (excludes halogenated alkanes) is 1. The monoisotopic (exact) mass is 390 g/mol.